The maximum Gasteiger partial charge on any atom is 0.0408 e. The Bertz CT molecular complexity index is 281. The Labute approximate surface area is 84.9 Å². The van der Waals surface area contributed by atoms with Gasteiger partial charge < -0.3 is 5.73 Å². The summed E-state index contributed by atoms with van der Waals surface area (Å²) in [5.41, 5.74) is 8.38. The molecular formula is C11H16ClN. The van der Waals surface area contributed by atoms with Crippen LogP contribution in [-0.4, -0.2) is 6.04 Å². The highest BCUT2D eigenvalue weighted by atomic mass is 35.5. The van der Waals surface area contributed by atoms with Crippen LogP contribution in [0.2, 0.25) is 5.02 Å². The summed E-state index contributed by atoms with van der Waals surface area (Å²) in [7, 11) is 0. The van der Waals surface area contributed by atoms with Crippen molar-refractivity contribution < 1.29 is 0 Å². The van der Waals surface area contributed by atoms with Gasteiger partial charge in [0.05, 0.1) is 0 Å². The molecule has 1 nitrogen and oxygen atoms in total. The minimum atomic E-state index is 0.214. The molecule has 0 saturated heterocycles. The van der Waals surface area contributed by atoms with Crippen LogP contribution in [0.25, 0.3) is 0 Å². The molecular weight excluding hydrogens is 182 g/mol. The Morgan fingerprint density at radius 2 is 2.08 bits per heavy atom. The fourth-order valence-corrected chi connectivity index (χ4v) is 1.66. The van der Waals surface area contributed by atoms with Crippen molar-refractivity contribution >= 4 is 11.6 Å². The van der Waals surface area contributed by atoms with Crippen LogP contribution in [0.1, 0.15) is 25.0 Å². The van der Waals surface area contributed by atoms with Gasteiger partial charge in [0.25, 0.3) is 0 Å². The molecule has 2 heteroatoms. The summed E-state index contributed by atoms with van der Waals surface area (Å²) in [5.74, 6) is 0. The highest BCUT2D eigenvalue weighted by Crippen LogP contribution is 2.17. The third-order valence-corrected chi connectivity index (χ3v) is 2.33. The summed E-state index contributed by atoms with van der Waals surface area (Å²) in [6, 6.07) is 6.24. The van der Waals surface area contributed by atoms with Crippen molar-refractivity contribution in [3.63, 3.8) is 0 Å². The number of halogens is 1. The number of aryl methyl sites for hydroxylation is 1. The van der Waals surface area contributed by atoms with Crippen LogP contribution >= 0.6 is 11.6 Å². The van der Waals surface area contributed by atoms with Crippen molar-refractivity contribution in [1.82, 2.24) is 0 Å². The van der Waals surface area contributed by atoms with Gasteiger partial charge in [-0.05, 0) is 43.0 Å². The fourth-order valence-electron chi connectivity index (χ4n) is 1.47. The molecule has 72 valence electrons. The third kappa shape index (κ3) is 3.02. The SMILES string of the molecule is CCc1cc(Cl)ccc1CC(C)N. The van der Waals surface area contributed by atoms with E-state index in [0.717, 1.165) is 17.9 Å². The first-order valence-corrected chi connectivity index (χ1v) is 5.04. The summed E-state index contributed by atoms with van der Waals surface area (Å²) in [5, 5.41) is 0.810. The molecule has 0 spiro atoms. The fraction of sp³-hybridized carbons (Fsp3) is 0.455. The lowest BCUT2D eigenvalue weighted by Crippen LogP contribution is -2.18. The number of nitrogens with two attached hydrogens (primary N) is 1. The molecule has 1 rings (SSSR count). The number of hydrogen-bond donors (Lipinski definition) is 1. The average Bonchev–Trinajstić information content (AvgIpc) is 2.07. The zero-order valence-corrected chi connectivity index (χ0v) is 8.93. The van der Waals surface area contributed by atoms with Crippen molar-refractivity contribution in [3.05, 3.63) is 34.3 Å². The van der Waals surface area contributed by atoms with E-state index in [0.29, 0.717) is 0 Å². The van der Waals surface area contributed by atoms with E-state index in [1.54, 1.807) is 0 Å². The van der Waals surface area contributed by atoms with Crippen LogP contribution in [0, 0.1) is 0 Å². The van der Waals surface area contributed by atoms with Gasteiger partial charge in [-0.25, -0.2) is 0 Å². The monoisotopic (exact) mass is 197 g/mol. The van der Waals surface area contributed by atoms with Crippen molar-refractivity contribution in [2.24, 2.45) is 5.73 Å². The van der Waals surface area contributed by atoms with Crippen molar-refractivity contribution in [2.75, 3.05) is 0 Å². The summed E-state index contributed by atoms with van der Waals surface area (Å²) in [6.45, 7) is 4.16. The minimum absolute atomic E-state index is 0.214. The Kier molecular flexibility index (Phi) is 3.76. The van der Waals surface area contributed by atoms with Gasteiger partial charge >= 0.3 is 0 Å². The first-order valence-electron chi connectivity index (χ1n) is 4.66. The van der Waals surface area contributed by atoms with Gasteiger partial charge in [-0.3, -0.25) is 0 Å². The summed E-state index contributed by atoms with van der Waals surface area (Å²) >= 11 is 5.90. The molecule has 0 aromatic heterocycles. The molecule has 0 bridgehead atoms. The van der Waals surface area contributed by atoms with Gasteiger partial charge in [-0.1, -0.05) is 24.6 Å². The first-order chi connectivity index (χ1) is 6.13. The smallest absolute Gasteiger partial charge is 0.0408 e. The molecule has 2 N–H and O–H groups in total. The van der Waals surface area contributed by atoms with E-state index in [9.17, 15) is 0 Å². The van der Waals surface area contributed by atoms with Crippen LogP contribution in [0.4, 0.5) is 0 Å². The van der Waals surface area contributed by atoms with E-state index in [4.69, 9.17) is 17.3 Å². The summed E-state index contributed by atoms with van der Waals surface area (Å²) in [4.78, 5) is 0. The lowest BCUT2D eigenvalue weighted by atomic mass is 10.00. The second kappa shape index (κ2) is 4.64. The Morgan fingerprint density at radius 1 is 1.38 bits per heavy atom. The lowest BCUT2D eigenvalue weighted by molar-refractivity contribution is 0.732. The standard InChI is InChI=1S/C11H16ClN/c1-3-9-7-11(12)5-4-10(9)6-8(2)13/h4-5,7-8H,3,6,13H2,1-2H3. The van der Waals surface area contributed by atoms with Crippen molar-refractivity contribution in [1.29, 1.82) is 0 Å². The predicted molar refractivity (Wildman–Crippen MR) is 58.2 cm³/mol. The molecule has 1 aromatic rings. The van der Waals surface area contributed by atoms with Gasteiger partial charge in [0.1, 0.15) is 0 Å². The molecule has 0 aliphatic carbocycles. The average molecular weight is 198 g/mol. The highest BCUT2D eigenvalue weighted by Gasteiger charge is 2.03. The second-order valence-corrected chi connectivity index (χ2v) is 3.88. The third-order valence-electron chi connectivity index (χ3n) is 2.09. The zero-order valence-electron chi connectivity index (χ0n) is 8.18. The van der Waals surface area contributed by atoms with E-state index in [1.807, 2.05) is 19.1 Å². The van der Waals surface area contributed by atoms with Crippen LogP contribution in [0.15, 0.2) is 18.2 Å². The van der Waals surface area contributed by atoms with Crippen molar-refractivity contribution in [2.45, 2.75) is 32.7 Å². The normalized spacial score (nSPS) is 12.9. The minimum Gasteiger partial charge on any atom is -0.328 e. The first kappa shape index (κ1) is 10.6. The summed E-state index contributed by atoms with van der Waals surface area (Å²) < 4.78 is 0. The van der Waals surface area contributed by atoms with Gasteiger partial charge in [0.15, 0.2) is 0 Å². The topological polar surface area (TPSA) is 26.0 Å². The number of benzene rings is 1. The highest BCUT2D eigenvalue weighted by molar-refractivity contribution is 6.30. The maximum absolute atomic E-state index is 5.90. The predicted octanol–water partition coefficient (Wildman–Crippen LogP) is 2.79. The van der Waals surface area contributed by atoms with Gasteiger partial charge in [-0.15, -0.1) is 0 Å². The zero-order chi connectivity index (χ0) is 9.84. The second-order valence-electron chi connectivity index (χ2n) is 3.45. The van der Waals surface area contributed by atoms with E-state index in [1.165, 1.54) is 11.1 Å². The van der Waals surface area contributed by atoms with Crippen LogP contribution in [0.3, 0.4) is 0 Å². The quantitative estimate of drug-likeness (QED) is 0.793. The molecule has 0 aliphatic rings. The number of rotatable bonds is 3. The summed E-state index contributed by atoms with van der Waals surface area (Å²) in [6.07, 6.45) is 1.95. The Balaban J connectivity index is 2.92. The Hall–Kier alpha value is -0.530. The van der Waals surface area contributed by atoms with E-state index in [2.05, 4.69) is 13.0 Å². The molecule has 13 heavy (non-hydrogen) atoms. The van der Waals surface area contributed by atoms with E-state index >= 15 is 0 Å². The van der Waals surface area contributed by atoms with Crippen LogP contribution < -0.4 is 5.73 Å². The molecule has 1 atom stereocenters. The van der Waals surface area contributed by atoms with Gasteiger partial charge in [-0.2, -0.15) is 0 Å². The molecule has 1 unspecified atom stereocenters. The number of hydrogen-bond acceptors (Lipinski definition) is 1. The molecule has 0 fully saturated rings. The Morgan fingerprint density at radius 3 is 2.62 bits per heavy atom. The maximum atomic E-state index is 5.90. The lowest BCUT2D eigenvalue weighted by Gasteiger charge is -2.10. The van der Waals surface area contributed by atoms with Gasteiger partial charge in [0, 0.05) is 11.1 Å². The molecule has 1 aromatic carbocycles. The molecule has 0 aliphatic heterocycles. The van der Waals surface area contributed by atoms with E-state index < -0.39 is 0 Å². The van der Waals surface area contributed by atoms with Gasteiger partial charge in [0.2, 0.25) is 0 Å². The molecule has 0 heterocycles. The largest absolute Gasteiger partial charge is 0.328 e. The van der Waals surface area contributed by atoms with E-state index in [-0.39, 0.29) is 6.04 Å². The van der Waals surface area contributed by atoms with Crippen LogP contribution in [-0.2, 0) is 12.8 Å². The molecule has 0 saturated carbocycles. The van der Waals surface area contributed by atoms with Crippen LogP contribution in [0.5, 0.6) is 0 Å². The van der Waals surface area contributed by atoms with Crippen molar-refractivity contribution in [3.8, 4) is 0 Å². The molecule has 0 radical (unpaired) electrons. The molecule has 0 amide bonds.